The maximum absolute atomic E-state index is 12.8. The van der Waals surface area contributed by atoms with Crippen molar-refractivity contribution in [3.8, 4) is 5.75 Å². The number of piperidine rings is 1. The molecule has 2 aliphatic rings. The number of hydrogen-bond acceptors (Lipinski definition) is 8. The molecule has 0 spiro atoms. The molecule has 2 aromatic rings. The van der Waals surface area contributed by atoms with Gasteiger partial charge in [0.15, 0.2) is 0 Å². The summed E-state index contributed by atoms with van der Waals surface area (Å²) in [6.07, 6.45) is -2.36. The highest BCUT2D eigenvalue weighted by Gasteiger charge is 2.34. The van der Waals surface area contributed by atoms with Crippen LogP contribution in [0.2, 0.25) is 0 Å². The lowest BCUT2D eigenvalue weighted by Crippen LogP contribution is -2.41. The molecule has 0 bridgehead atoms. The molecule has 2 amide bonds. The van der Waals surface area contributed by atoms with E-state index < -0.39 is 23.9 Å². The molecule has 4 rings (SSSR count). The van der Waals surface area contributed by atoms with E-state index in [9.17, 15) is 22.8 Å². The number of alkyl halides is 3. The van der Waals surface area contributed by atoms with Crippen LogP contribution in [0.25, 0.3) is 0 Å². The van der Waals surface area contributed by atoms with Gasteiger partial charge >= 0.3 is 6.36 Å². The van der Waals surface area contributed by atoms with E-state index in [0.717, 1.165) is 11.1 Å². The van der Waals surface area contributed by atoms with Gasteiger partial charge in [-0.15, -0.1) is 24.5 Å². The van der Waals surface area contributed by atoms with Crippen LogP contribution in [-0.4, -0.2) is 47.1 Å². The van der Waals surface area contributed by atoms with Gasteiger partial charge in [-0.05, 0) is 31.9 Å². The minimum atomic E-state index is -4.89. The number of nitrogens with zero attached hydrogens (tertiary/aromatic N) is 3. The van der Waals surface area contributed by atoms with Gasteiger partial charge in [0.25, 0.3) is 11.8 Å². The van der Waals surface area contributed by atoms with Gasteiger partial charge in [0.1, 0.15) is 17.7 Å². The van der Waals surface area contributed by atoms with Crippen LogP contribution in [0.15, 0.2) is 46.6 Å². The number of aliphatic imine (C=N–C) groups is 1. The number of amides is 2. The number of allylic oxidation sites excluding steroid dienone is 1. The maximum atomic E-state index is 12.8. The van der Waals surface area contributed by atoms with E-state index in [0.29, 0.717) is 31.6 Å². The van der Waals surface area contributed by atoms with Crippen LogP contribution in [0.4, 0.5) is 13.2 Å². The second-order valence-electron chi connectivity index (χ2n) is 7.58. The summed E-state index contributed by atoms with van der Waals surface area (Å²) in [5.41, 5.74) is 3.15. The van der Waals surface area contributed by atoms with Gasteiger partial charge in [-0.3, -0.25) is 14.9 Å². The van der Waals surface area contributed by atoms with E-state index in [-0.39, 0.29) is 23.1 Å². The van der Waals surface area contributed by atoms with Gasteiger partial charge in [-0.25, -0.2) is 9.98 Å². The summed E-state index contributed by atoms with van der Waals surface area (Å²) in [4.78, 5) is 40.2. The van der Waals surface area contributed by atoms with Gasteiger partial charge in [0, 0.05) is 24.4 Å². The van der Waals surface area contributed by atoms with Crippen LogP contribution in [0, 0.1) is 0 Å². The smallest absolute Gasteiger partial charge is 0.405 e. The summed E-state index contributed by atoms with van der Waals surface area (Å²) >= 11 is 1.34. The molecular formula is C21H20F3N5O4S. The Morgan fingerprint density at radius 3 is 2.71 bits per heavy atom. The van der Waals surface area contributed by atoms with Crippen molar-refractivity contribution >= 4 is 29.1 Å². The Kier molecular flexibility index (Phi) is 6.72. The van der Waals surface area contributed by atoms with Crippen molar-refractivity contribution in [3.05, 3.63) is 57.9 Å². The first-order chi connectivity index (χ1) is 16.2. The average molecular weight is 495 g/mol. The van der Waals surface area contributed by atoms with Crippen molar-refractivity contribution in [2.24, 2.45) is 4.99 Å². The molecule has 9 nitrogen and oxygen atoms in total. The zero-order valence-electron chi connectivity index (χ0n) is 17.9. The Morgan fingerprint density at radius 2 is 2.00 bits per heavy atom. The normalized spacial score (nSPS) is 16.6. The van der Waals surface area contributed by atoms with Crippen LogP contribution >= 0.6 is 11.3 Å². The predicted molar refractivity (Wildman–Crippen MR) is 116 cm³/mol. The fraction of sp³-hybridized carbons (Fsp3) is 0.333. The average Bonchev–Trinajstić information content (AvgIpc) is 3.29. The Bertz CT molecular complexity index is 1140. The third kappa shape index (κ3) is 5.65. The molecule has 1 fully saturated rings. The number of carbonyl (C=O) groups excluding carboxylic acids is 2. The lowest BCUT2D eigenvalue weighted by molar-refractivity contribution is -0.274. The standard InChI is InChI=1S/C21H20F3N5O4S/c1-12-10-32-28-20(25-12)27-17(30)15-11-34-18(26-15)13-6-8-29(9-7-13)19(31)14-4-2-3-5-16(14)33-21(22,23)24/h2-5,10-11,13H,6-9H2,1H3,(H2,25,27,28,30). The molecule has 0 radical (unpaired) electrons. The number of hydrogen-bond donors (Lipinski definition) is 2. The third-order valence-electron chi connectivity index (χ3n) is 5.13. The van der Waals surface area contributed by atoms with Gasteiger partial charge in [0.2, 0.25) is 5.96 Å². The molecule has 2 aliphatic heterocycles. The maximum Gasteiger partial charge on any atom is 0.573 e. The highest BCUT2D eigenvalue weighted by atomic mass is 32.1. The summed E-state index contributed by atoms with van der Waals surface area (Å²) in [6.45, 7) is 2.40. The van der Waals surface area contributed by atoms with Crippen molar-refractivity contribution in [1.82, 2.24) is 20.7 Å². The summed E-state index contributed by atoms with van der Waals surface area (Å²) in [5, 5.41) is 4.97. The number of nitrogens with one attached hydrogen (secondary N) is 2. The molecule has 0 aliphatic carbocycles. The zero-order chi connectivity index (χ0) is 24.3. The number of rotatable bonds is 4. The number of benzene rings is 1. The highest BCUT2D eigenvalue weighted by molar-refractivity contribution is 7.09. The summed E-state index contributed by atoms with van der Waals surface area (Å²) < 4.78 is 42.0. The van der Waals surface area contributed by atoms with Crippen molar-refractivity contribution in [2.45, 2.75) is 32.0 Å². The number of guanidine groups is 1. The van der Waals surface area contributed by atoms with Crippen LogP contribution in [0.3, 0.4) is 0 Å². The molecule has 0 unspecified atom stereocenters. The lowest BCUT2D eigenvalue weighted by Gasteiger charge is -2.31. The Labute approximate surface area is 196 Å². The van der Waals surface area contributed by atoms with Crippen LogP contribution in [0.1, 0.15) is 51.5 Å². The largest absolute Gasteiger partial charge is 0.573 e. The van der Waals surface area contributed by atoms with E-state index in [1.807, 2.05) is 0 Å². The fourth-order valence-electron chi connectivity index (χ4n) is 3.56. The quantitative estimate of drug-likeness (QED) is 0.672. The zero-order valence-corrected chi connectivity index (χ0v) is 18.7. The molecule has 2 N–H and O–H groups in total. The second kappa shape index (κ2) is 9.71. The van der Waals surface area contributed by atoms with E-state index in [2.05, 4.69) is 25.5 Å². The third-order valence-corrected chi connectivity index (χ3v) is 6.14. The van der Waals surface area contributed by atoms with Gasteiger partial charge in [-0.1, -0.05) is 12.1 Å². The highest BCUT2D eigenvalue weighted by Crippen LogP contribution is 2.32. The minimum absolute atomic E-state index is 0.0240. The monoisotopic (exact) mass is 495 g/mol. The SMILES string of the molecule is CC1=CONC(NC(=O)c2csc(C3CCN(C(=O)c4ccccc4OC(F)(F)F)CC3)n2)=N1. The second-order valence-corrected chi connectivity index (χ2v) is 8.46. The first-order valence-corrected chi connectivity index (χ1v) is 11.2. The summed E-state index contributed by atoms with van der Waals surface area (Å²) in [6, 6.07) is 5.30. The van der Waals surface area contributed by atoms with E-state index in [1.54, 1.807) is 12.3 Å². The van der Waals surface area contributed by atoms with Gasteiger partial charge in [-0.2, -0.15) is 5.48 Å². The number of para-hydroxylation sites is 1. The summed E-state index contributed by atoms with van der Waals surface area (Å²) in [5.74, 6) is -1.31. The first kappa shape index (κ1) is 23.5. The number of ether oxygens (including phenoxy) is 1. The molecule has 13 heteroatoms. The molecule has 180 valence electrons. The van der Waals surface area contributed by atoms with Gasteiger partial charge < -0.3 is 14.5 Å². The first-order valence-electron chi connectivity index (χ1n) is 10.3. The Balaban J connectivity index is 1.36. The number of aromatic nitrogens is 1. The Hall–Kier alpha value is -3.61. The number of hydroxylamine groups is 1. The van der Waals surface area contributed by atoms with Crippen LogP contribution in [-0.2, 0) is 4.84 Å². The topological polar surface area (TPSA) is 105 Å². The van der Waals surface area contributed by atoms with Gasteiger partial charge in [0.05, 0.1) is 16.3 Å². The van der Waals surface area contributed by atoms with Crippen molar-refractivity contribution in [3.63, 3.8) is 0 Å². The van der Waals surface area contributed by atoms with E-state index in [4.69, 9.17) is 4.84 Å². The van der Waals surface area contributed by atoms with Crippen molar-refractivity contribution < 1.29 is 32.3 Å². The molecular weight excluding hydrogens is 475 g/mol. The van der Waals surface area contributed by atoms with Crippen LogP contribution in [0.5, 0.6) is 5.75 Å². The van der Waals surface area contributed by atoms with E-state index in [1.165, 1.54) is 40.7 Å². The number of carbonyl (C=O) groups is 2. The molecule has 0 atom stereocenters. The number of halogens is 3. The number of likely N-dealkylation sites (tertiary alicyclic amines) is 1. The lowest BCUT2D eigenvalue weighted by atomic mass is 9.97. The predicted octanol–water partition coefficient (Wildman–Crippen LogP) is 3.54. The Morgan fingerprint density at radius 1 is 1.26 bits per heavy atom. The van der Waals surface area contributed by atoms with Crippen molar-refractivity contribution in [2.75, 3.05) is 13.1 Å². The van der Waals surface area contributed by atoms with E-state index >= 15 is 0 Å². The summed E-state index contributed by atoms with van der Waals surface area (Å²) in [7, 11) is 0. The van der Waals surface area contributed by atoms with Crippen LogP contribution < -0.4 is 15.5 Å². The van der Waals surface area contributed by atoms with Crippen molar-refractivity contribution in [1.29, 1.82) is 0 Å². The molecule has 3 heterocycles. The minimum Gasteiger partial charge on any atom is -0.405 e. The molecule has 1 aromatic heterocycles. The number of thiazole rings is 1. The molecule has 1 saturated heterocycles. The molecule has 34 heavy (non-hydrogen) atoms. The molecule has 1 aromatic carbocycles. The molecule has 0 saturated carbocycles. The fourth-order valence-corrected chi connectivity index (χ4v) is 4.53.